The second-order valence-electron chi connectivity index (χ2n) is 6.80. The van der Waals surface area contributed by atoms with Gasteiger partial charge in [-0.1, -0.05) is 43.6 Å². The summed E-state index contributed by atoms with van der Waals surface area (Å²) in [6, 6.07) is 6.97. The number of hydrogen-bond donors (Lipinski definition) is 2. The second kappa shape index (κ2) is 9.57. The van der Waals surface area contributed by atoms with Gasteiger partial charge < -0.3 is 15.4 Å². The number of halogens is 1. The highest BCUT2D eigenvalue weighted by molar-refractivity contribution is 6.31. The number of amides is 1. The molecule has 3 N–H and O–H groups in total. The van der Waals surface area contributed by atoms with Crippen molar-refractivity contribution in [3.05, 3.63) is 55.7 Å². The molecule has 0 atom stereocenters. The number of carbonyl (C=O) groups is 1. The molecule has 0 aliphatic carbocycles. The average Bonchev–Trinajstić information content (AvgIpc) is 2.63. The van der Waals surface area contributed by atoms with Gasteiger partial charge in [0, 0.05) is 25.2 Å². The molecule has 0 saturated heterocycles. The smallest absolute Gasteiger partial charge is 0.330 e. The first-order valence-corrected chi connectivity index (χ1v) is 9.29. The zero-order valence-electron chi connectivity index (χ0n) is 16.2. The quantitative estimate of drug-likeness (QED) is 0.690. The molecule has 9 heteroatoms. The number of nitrogen functional groups attached to an aromatic ring is 1. The number of rotatable bonds is 8. The molecule has 0 fully saturated rings. The van der Waals surface area contributed by atoms with Gasteiger partial charge in [-0.25, -0.2) is 4.79 Å². The molecule has 1 heterocycles. The molecule has 152 valence electrons. The number of aromatic amines is 1. The number of nitrogens with zero attached hydrogens (tertiary/aromatic N) is 2. The molecule has 0 radical (unpaired) electrons. The minimum Gasteiger partial charge on any atom is -0.383 e. The zero-order valence-corrected chi connectivity index (χ0v) is 17.0. The zero-order chi connectivity index (χ0) is 20.8. The van der Waals surface area contributed by atoms with Gasteiger partial charge in [-0.15, -0.1) is 0 Å². The van der Waals surface area contributed by atoms with E-state index in [1.165, 1.54) is 16.6 Å². The number of nitrogens with one attached hydrogen (secondary N) is 1. The van der Waals surface area contributed by atoms with E-state index in [1.807, 2.05) is 13.8 Å². The Morgan fingerprint density at radius 1 is 1.32 bits per heavy atom. The van der Waals surface area contributed by atoms with Crippen molar-refractivity contribution in [1.82, 2.24) is 9.55 Å². The summed E-state index contributed by atoms with van der Waals surface area (Å²) in [6.07, 6.45) is -0.0222. The lowest BCUT2D eigenvalue weighted by molar-refractivity contribution is -0.118. The predicted molar refractivity (Wildman–Crippen MR) is 110 cm³/mol. The van der Waals surface area contributed by atoms with E-state index in [9.17, 15) is 14.4 Å². The van der Waals surface area contributed by atoms with Crippen molar-refractivity contribution >= 4 is 29.0 Å². The molecular weight excluding hydrogens is 384 g/mol. The van der Waals surface area contributed by atoms with Crippen LogP contribution < -0.4 is 21.9 Å². The van der Waals surface area contributed by atoms with Crippen LogP contribution in [0.3, 0.4) is 0 Å². The van der Waals surface area contributed by atoms with Crippen LogP contribution in [-0.2, 0) is 22.5 Å². The molecule has 0 spiro atoms. The number of aromatic nitrogens is 2. The number of carbonyl (C=O) groups excluding carboxylic acids is 1. The first-order valence-electron chi connectivity index (χ1n) is 8.91. The molecule has 1 amide bonds. The van der Waals surface area contributed by atoms with Gasteiger partial charge in [0.15, 0.2) is 5.69 Å². The van der Waals surface area contributed by atoms with Crippen LogP contribution in [0.1, 0.15) is 19.4 Å². The van der Waals surface area contributed by atoms with E-state index in [4.69, 9.17) is 22.1 Å². The van der Waals surface area contributed by atoms with Crippen LogP contribution in [-0.4, -0.2) is 35.7 Å². The van der Waals surface area contributed by atoms with Crippen molar-refractivity contribution in [3.8, 4) is 0 Å². The molecule has 8 nitrogen and oxygen atoms in total. The Hall–Kier alpha value is -2.58. The lowest BCUT2D eigenvalue weighted by Gasteiger charge is -2.25. The number of nitrogens with two attached hydrogens (primary N) is 1. The van der Waals surface area contributed by atoms with E-state index >= 15 is 0 Å². The van der Waals surface area contributed by atoms with Crippen molar-refractivity contribution in [2.45, 2.75) is 26.8 Å². The van der Waals surface area contributed by atoms with Crippen LogP contribution in [0.4, 0.5) is 11.5 Å². The van der Waals surface area contributed by atoms with Crippen molar-refractivity contribution in [2.75, 3.05) is 30.9 Å². The lowest BCUT2D eigenvalue weighted by atomic mass is 10.1. The van der Waals surface area contributed by atoms with Crippen LogP contribution in [0.25, 0.3) is 0 Å². The van der Waals surface area contributed by atoms with E-state index in [0.717, 1.165) is 0 Å². The van der Waals surface area contributed by atoms with Crippen molar-refractivity contribution in [2.24, 2.45) is 5.92 Å². The highest BCUT2D eigenvalue weighted by atomic mass is 35.5. The Bertz CT molecular complexity index is 952. The molecule has 28 heavy (non-hydrogen) atoms. The lowest BCUT2D eigenvalue weighted by Crippen LogP contribution is -2.43. The van der Waals surface area contributed by atoms with Gasteiger partial charge in [0.1, 0.15) is 5.82 Å². The maximum atomic E-state index is 13.0. The Balaban J connectivity index is 2.50. The minimum absolute atomic E-state index is 0.0222. The summed E-state index contributed by atoms with van der Waals surface area (Å²) in [5.41, 5.74) is 5.39. The van der Waals surface area contributed by atoms with Gasteiger partial charge in [-0.2, -0.15) is 0 Å². The monoisotopic (exact) mass is 408 g/mol. The fourth-order valence-corrected chi connectivity index (χ4v) is 3.03. The molecular formula is C19H25ClN4O4. The molecule has 0 aliphatic heterocycles. The molecule has 2 aromatic rings. The number of H-pyrrole nitrogens is 1. The van der Waals surface area contributed by atoms with Gasteiger partial charge in [0.25, 0.3) is 5.56 Å². The van der Waals surface area contributed by atoms with E-state index in [1.54, 1.807) is 24.3 Å². The average molecular weight is 409 g/mol. The van der Waals surface area contributed by atoms with Gasteiger partial charge in [0.2, 0.25) is 5.91 Å². The van der Waals surface area contributed by atoms with Gasteiger partial charge >= 0.3 is 5.69 Å². The molecule has 0 bridgehead atoms. The van der Waals surface area contributed by atoms with Crippen LogP contribution >= 0.6 is 11.6 Å². The predicted octanol–water partition coefficient (Wildman–Crippen LogP) is 1.65. The topological polar surface area (TPSA) is 110 Å². The minimum atomic E-state index is -0.717. The largest absolute Gasteiger partial charge is 0.383 e. The van der Waals surface area contributed by atoms with E-state index in [-0.39, 0.29) is 42.9 Å². The molecule has 0 saturated carbocycles. The van der Waals surface area contributed by atoms with Crippen LogP contribution in [0.5, 0.6) is 0 Å². The Morgan fingerprint density at radius 3 is 2.61 bits per heavy atom. The molecule has 0 unspecified atom stereocenters. The fraction of sp³-hybridized carbons (Fsp3) is 0.421. The maximum Gasteiger partial charge on any atom is 0.330 e. The summed E-state index contributed by atoms with van der Waals surface area (Å²) in [6.45, 7) is 4.44. The third-order valence-corrected chi connectivity index (χ3v) is 4.52. The first-order chi connectivity index (χ1) is 13.3. The summed E-state index contributed by atoms with van der Waals surface area (Å²) in [5, 5.41) is 0.453. The Kier molecular flexibility index (Phi) is 7.42. The Morgan fingerprint density at radius 2 is 2.00 bits per heavy atom. The first kappa shape index (κ1) is 21.7. The SMILES string of the molecule is COCCN(C(=O)Cc1ccccc1Cl)c1c(N)n(CC(C)C)c(=O)[nH]c1=O. The van der Waals surface area contributed by atoms with Crippen LogP contribution in [0.15, 0.2) is 33.9 Å². The normalized spacial score (nSPS) is 11.0. The summed E-state index contributed by atoms with van der Waals surface area (Å²) >= 11 is 6.16. The van der Waals surface area contributed by atoms with Crippen molar-refractivity contribution in [3.63, 3.8) is 0 Å². The third kappa shape index (κ3) is 5.02. The molecule has 1 aromatic carbocycles. The third-order valence-electron chi connectivity index (χ3n) is 4.15. The highest BCUT2D eigenvalue weighted by Gasteiger charge is 2.25. The number of anilines is 2. The molecule has 1 aromatic heterocycles. The summed E-state index contributed by atoms with van der Waals surface area (Å²) in [4.78, 5) is 41.2. The van der Waals surface area contributed by atoms with E-state index in [0.29, 0.717) is 17.1 Å². The molecule has 0 aliphatic rings. The standard InChI is InChI=1S/C19H25ClN4O4/c1-12(2)11-24-17(21)16(18(26)22-19(24)27)23(8-9-28-3)15(25)10-13-6-4-5-7-14(13)20/h4-7,12H,8-11,21H2,1-3H3,(H,22,26,27). The number of benzene rings is 1. The van der Waals surface area contributed by atoms with Crippen molar-refractivity contribution < 1.29 is 9.53 Å². The van der Waals surface area contributed by atoms with Crippen LogP contribution in [0, 0.1) is 5.92 Å². The molecule has 2 rings (SSSR count). The fourth-order valence-electron chi connectivity index (χ4n) is 2.83. The van der Waals surface area contributed by atoms with Crippen molar-refractivity contribution in [1.29, 1.82) is 0 Å². The summed E-state index contributed by atoms with van der Waals surface area (Å²) in [7, 11) is 1.49. The van der Waals surface area contributed by atoms with Gasteiger partial charge in [0.05, 0.1) is 13.0 Å². The van der Waals surface area contributed by atoms with Crippen LogP contribution in [0.2, 0.25) is 5.02 Å². The number of methoxy groups -OCH3 is 1. The summed E-state index contributed by atoms with van der Waals surface area (Å²) < 4.78 is 6.34. The Labute approximate surface area is 167 Å². The van der Waals surface area contributed by atoms with Gasteiger partial charge in [-0.05, 0) is 17.5 Å². The summed E-state index contributed by atoms with van der Waals surface area (Å²) in [5.74, 6) is -0.312. The highest BCUT2D eigenvalue weighted by Crippen LogP contribution is 2.21. The van der Waals surface area contributed by atoms with E-state index < -0.39 is 11.2 Å². The number of hydrogen-bond acceptors (Lipinski definition) is 5. The maximum absolute atomic E-state index is 13.0. The second-order valence-corrected chi connectivity index (χ2v) is 7.21. The van der Waals surface area contributed by atoms with Gasteiger partial charge in [-0.3, -0.25) is 19.1 Å². The van der Waals surface area contributed by atoms with E-state index in [2.05, 4.69) is 4.98 Å². The number of ether oxygens (including phenoxy) is 1.